The number of carbonyl (C=O) groups excluding carboxylic acids is 1. The summed E-state index contributed by atoms with van der Waals surface area (Å²) in [5, 5.41) is 15.0. The van der Waals surface area contributed by atoms with Crippen LogP contribution in [0.3, 0.4) is 0 Å². The maximum atomic E-state index is 12.5. The number of carbonyl (C=O) groups is 1. The van der Waals surface area contributed by atoms with E-state index in [4.69, 9.17) is 0 Å². The fourth-order valence-corrected chi connectivity index (χ4v) is 4.36. The lowest BCUT2D eigenvalue weighted by Crippen LogP contribution is -2.45. The molecule has 4 rings (SSSR count). The van der Waals surface area contributed by atoms with Crippen LogP contribution in [-0.4, -0.2) is 34.2 Å². The van der Waals surface area contributed by atoms with Crippen molar-refractivity contribution < 1.29 is 4.79 Å². The first-order chi connectivity index (χ1) is 12.3. The summed E-state index contributed by atoms with van der Waals surface area (Å²) >= 11 is 0. The Morgan fingerprint density at radius 2 is 1.68 bits per heavy atom. The van der Waals surface area contributed by atoms with Gasteiger partial charge in [0.25, 0.3) is 5.91 Å². The van der Waals surface area contributed by atoms with E-state index in [1.165, 1.54) is 44.9 Å². The predicted molar refractivity (Wildman–Crippen MR) is 99.6 cm³/mol. The van der Waals surface area contributed by atoms with Crippen molar-refractivity contribution >= 4 is 16.8 Å². The van der Waals surface area contributed by atoms with Crippen molar-refractivity contribution in [1.82, 2.24) is 20.8 Å². The number of amides is 1. The van der Waals surface area contributed by atoms with Crippen molar-refractivity contribution in [2.75, 3.05) is 0 Å². The second-order valence-corrected chi connectivity index (χ2v) is 7.70. The van der Waals surface area contributed by atoms with Crippen LogP contribution in [-0.2, 0) is 0 Å². The molecule has 1 aromatic carbocycles. The van der Waals surface area contributed by atoms with E-state index in [0.717, 1.165) is 35.3 Å². The van der Waals surface area contributed by atoms with Gasteiger partial charge in [-0.1, -0.05) is 19.3 Å². The lowest BCUT2D eigenvalue weighted by atomic mass is 9.88. The first kappa shape index (κ1) is 16.6. The van der Waals surface area contributed by atoms with Gasteiger partial charge in [0.1, 0.15) is 0 Å². The number of aromatic nitrogens is 2. The third-order valence-corrected chi connectivity index (χ3v) is 5.84. The standard InChI is InChI=1S/C20H28N4O/c25-20(14-6-11-19-15(12-14)13-21-24-19)23-18-9-7-17(8-10-18)22-16-4-2-1-3-5-16/h6,11-13,16-18,22H,1-5,7-10H2,(H,21,24)(H,23,25)/t17-,18-. The van der Waals surface area contributed by atoms with Gasteiger partial charge in [-0.25, -0.2) is 0 Å². The van der Waals surface area contributed by atoms with Crippen LogP contribution in [0.25, 0.3) is 10.9 Å². The molecule has 2 aliphatic rings. The zero-order chi connectivity index (χ0) is 17.1. The Morgan fingerprint density at radius 3 is 2.48 bits per heavy atom. The first-order valence-corrected chi connectivity index (χ1v) is 9.78. The maximum Gasteiger partial charge on any atom is 0.251 e. The van der Waals surface area contributed by atoms with E-state index in [2.05, 4.69) is 20.8 Å². The van der Waals surface area contributed by atoms with Gasteiger partial charge in [0.15, 0.2) is 0 Å². The highest BCUT2D eigenvalue weighted by Crippen LogP contribution is 2.23. The van der Waals surface area contributed by atoms with E-state index in [1.807, 2.05) is 18.2 Å². The Labute approximate surface area is 149 Å². The van der Waals surface area contributed by atoms with E-state index in [9.17, 15) is 4.79 Å². The molecule has 0 saturated heterocycles. The van der Waals surface area contributed by atoms with Gasteiger partial charge in [-0.3, -0.25) is 9.89 Å². The van der Waals surface area contributed by atoms with Crippen molar-refractivity contribution in [2.24, 2.45) is 0 Å². The summed E-state index contributed by atoms with van der Waals surface area (Å²) in [7, 11) is 0. The normalized spacial score (nSPS) is 25.1. The minimum absolute atomic E-state index is 0.0341. The van der Waals surface area contributed by atoms with Crippen molar-refractivity contribution in [3.05, 3.63) is 30.0 Å². The number of hydrogen-bond donors (Lipinski definition) is 3. The minimum atomic E-state index is 0.0341. The van der Waals surface area contributed by atoms with Gasteiger partial charge in [0.2, 0.25) is 0 Å². The van der Waals surface area contributed by atoms with Crippen molar-refractivity contribution in [2.45, 2.75) is 75.9 Å². The zero-order valence-electron chi connectivity index (χ0n) is 14.8. The number of rotatable bonds is 4. The van der Waals surface area contributed by atoms with Crippen LogP contribution in [0.4, 0.5) is 0 Å². The van der Waals surface area contributed by atoms with Gasteiger partial charge in [-0.2, -0.15) is 5.10 Å². The molecule has 0 spiro atoms. The average molecular weight is 340 g/mol. The molecule has 1 amide bonds. The highest BCUT2D eigenvalue weighted by Gasteiger charge is 2.25. The smallest absolute Gasteiger partial charge is 0.251 e. The van der Waals surface area contributed by atoms with E-state index < -0.39 is 0 Å². The van der Waals surface area contributed by atoms with Gasteiger partial charge in [0, 0.05) is 29.1 Å². The number of H-pyrrole nitrogens is 1. The molecule has 5 heteroatoms. The third kappa shape index (κ3) is 4.03. The van der Waals surface area contributed by atoms with Gasteiger partial charge >= 0.3 is 0 Å². The lowest BCUT2D eigenvalue weighted by molar-refractivity contribution is 0.0923. The zero-order valence-corrected chi connectivity index (χ0v) is 14.8. The van der Waals surface area contributed by atoms with E-state index in [0.29, 0.717) is 12.1 Å². The SMILES string of the molecule is O=C(N[C@H]1CC[C@H](NC2CCCCC2)CC1)c1ccc2[nH]ncc2c1. The Hall–Kier alpha value is -1.88. The molecule has 0 unspecified atom stereocenters. The Balaban J connectivity index is 1.27. The van der Waals surface area contributed by atoms with Crippen LogP contribution >= 0.6 is 0 Å². The summed E-state index contributed by atoms with van der Waals surface area (Å²) in [6.07, 6.45) is 13.1. The molecule has 5 nitrogen and oxygen atoms in total. The molecule has 0 bridgehead atoms. The second-order valence-electron chi connectivity index (χ2n) is 7.70. The molecule has 0 radical (unpaired) electrons. The molecular weight excluding hydrogens is 312 g/mol. The van der Waals surface area contributed by atoms with Gasteiger partial charge in [-0.15, -0.1) is 0 Å². The number of nitrogens with one attached hydrogen (secondary N) is 3. The molecule has 3 N–H and O–H groups in total. The molecule has 2 saturated carbocycles. The monoisotopic (exact) mass is 340 g/mol. The molecular formula is C20H28N4O. The molecule has 2 aliphatic carbocycles. The second kappa shape index (κ2) is 7.56. The first-order valence-electron chi connectivity index (χ1n) is 9.78. The summed E-state index contributed by atoms with van der Waals surface area (Å²) < 4.78 is 0. The molecule has 1 aromatic heterocycles. The molecule has 1 heterocycles. The molecule has 0 aliphatic heterocycles. The Kier molecular flexibility index (Phi) is 5.02. The number of fused-ring (bicyclic) bond motifs is 1. The van der Waals surface area contributed by atoms with Gasteiger partial charge in [-0.05, 0) is 56.7 Å². The van der Waals surface area contributed by atoms with E-state index in [-0.39, 0.29) is 5.91 Å². The molecule has 0 atom stereocenters. The van der Waals surface area contributed by atoms with E-state index >= 15 is 0 Å². The number of benzene rings is 1. The summed E-state index contributed by atoms with van der Waals surface area (Å²) in [5.74, 6) is 0.0341. The summed E-state index contributed by atoms with van der Waals surface area (Å²) in [6.45, 7) is 0. The highest BCUT2D eigenvalue weighted by atomic mass is 16.1. The van der Waals surface area contributed by atoms with Crippen LogP contribution in [0.5, 0.6) is 0 Å². The van der Waals surface area contributed by atoms with E-state index in [1.54, 1.807) is 6.20 Å². The average Bonchev–Trinajstić information content (AvgIpc) is 3.12. The van der Waals surface area contributed by atoms with Gasteiger partial charge in [0.05, 0.1) is 11.7 Å². The summed E-state index contributed by atoms with van der Waals surface area (Å²) in [5.41, 5.74) is 1.68. The lowest BCUT2D eigenvalue weighted by Gasteiger charge is -2.34. The largest absolute Gasteiger partial charge is 0.349 e. The molecule has 2 fully saturated rings. The van der Waals surface area contributed by atoms with Crippen LogP contribution < -0.4 is 10.6 Å². The minimum Gasteiger partial charge on any atom is -0.349 e. The van der Waals surface area contributed by atoms with Crippen molar-refractivity contribution in [3.8, 4) is 0 Å². The Morgan fingerprint density at radius 1 is 0.960 bits per heavy atom. The topological polar surface area (TPSA) is 69.8 Å². The number of aromatic amines is 1. The Bertz CT molecular complexity index is 711. The molecule has 134 valence electrons. The maximum absolute atomic E-state index is 12.5. The molecule has 25 heavy (non-hydrogen) atoms. The quantitative estimate of drug-likeness (QED) is 0.797. The van der Waals surface area contributed by atoms with Crippen molar-refractivity contribution in [3.63, 3.8) is 0 Å². The number of hydrogen-bond acceptors (Lipinski definition) is 3. The van der Waals surface area contributed by atoms with Gasteiger partial charge < -0.3 is 10.6 Å². The summed E-state index contributed by atoms with van der Waals surface area (Å²) in [4.78, 5) is 12.5. The summed E-state index contributed by atoms with van der Waals surface area (Å²) in [6, 6.07) is 7.36. The fraction of sp³-hybridized carbons (Fsp3) is 0.600. The van der Waals surface area contributed by atoms with Crippen LogP contribution in [0.1, 0.15) is 68.1 Å². The van der Waals surface area contributed by atoms with Crippen molar-refractivity contribution in [1.29, 1.82) is 0 Å². The predicted octanol–water partition coefficient (Wildman–Crippen LogP) is 3.53. The third-order valence-electron chi connectivity index (χ3n) is 5.84. The van der Waals surface area contributed by atoms with Crippen LogP contribution in [0, 0.1) is 0 Å². The van der Waals surface area contributed by atoms with Crippen LogP contribution in [0.2, 0.25) is 0 Å². The fourth-order valence-electron chi connectivity index (χ4n) is 4.36. The number of nitrogens with zero attached hydrogens (tertiary/aromatic N) is 1. The van der Waals surface area contributed by atoms with Crippen LogP contribution in [0.15, 0.2) is 24.4 Å². The highest BCUT2D eigenvalue weighted by molar-refractivity contribution is 5.98. The molecule has 2 aromatic rings.